The minimum absolute atomic E-state index is 0.576. The predicted octanol–water partition coefficient (Wildman–Crippen LogP) is 2.43. The zero-order chi connectivity index (χ0) is 11.5. The Labute approximate surface area is 95.8 Å². The molecule has 0 spiro atoms. The monoisotopic (exact) mass is 219 g/mol. The zero-order valence-electron chi connectivity index (χ0n) is 9.73. The molecule has 0 saturated heterocycles. The van der Waals surface area contributed by atoms with Gasteiger partial charge in [0.1, 0.15) is 6.10 Å². The van der Waals surface area contributed by atoms with Crippen molar-refractivity contribution in [3.63, 3.8) is 0 Å². The molecule has 1 aromatic heterocycles. The second-order valence-electron chi connectivity index (χ2n) is 4.20. The van der Waals surface area contributed by atoms with Crippen LogP contribution in [0.15, 0.2) is 24.0 Å². The largest absolute Gasteiger partial charge is 0.501 e. The first-order valence-electron chi connectivity index (χ1n) is 5.61. The van der Waals surface area contributed by atoms with Crippen molar-refractivity contribution in [2.24, 2.45) is 0 Å². The van der Waals surface area contributed by atoms with Gasteiger partial charge in [-0.2, -0.15) is 0 Å². The third-order valence-corrected chi connectivity index (χ3v) is 2.87. The fourth-order valence-corrected chi connectivity index (χ4v) is 1.97. The number of rotatable bonds is 2. The molecule has 0 radical (unpaired) electrons. The third kappa shape index (κ3) is 2.25. The molecule has 0 amide bonds. The number of aromatic nitrogens is 1. The molecule has 2 heterocycles. The van der Waals surface area contributed by atoms with E-state index in [1.165, 1.54) is 0 Å². The van der Waals surface area contributed by atoms with Crippen molar-refractivity contribution >= 4 is 0 Å². The van der Waals surface area contributed by atoms with Crippen molar-refractivity contribution in [2.45, 2.75) is 32.8 Å². The molecule has 1 N–H and O–H groups in total. The summed E-state index contributed by atoms with van der Waals surface area (Å²) in [5.41, 5.74) is 3.68. The first kappa shape index (κ1) is 11.1. The summed E-state index contributed by atoms with van der Waals surface area (Å²) in [5.74, 6) is 0. The van der Waals surface area contributed by atoms with Gasteiger partial charge in [-0.3, -0.25) is 4.98 Å². The zero-order valence-corrected chi connectivity index (χ0v) is 9.73. The van der Waals surface area contributed by atoms with E-state index in [4.69, 9.17) is 4.74 Å². The van der Waals surface area contributed by atoms with Crippen LogP contribution in [0.2, 0.25) is 0 Å². The summed E-state index contributed by atoms with van der Waals surface area (Å²) < 4.78 is 5.25. The third-order valence-electron chi connectivity index (χ3n) is 2.87. The second kappa shape index (κ2) is 4.66. The fraction of sp³-hybridized carbons (Fsp3) is 0.462. The van der Waals surface area contributed by atoms with Crippen LogP contribution in [0, 0.1) is 13.8 Å². The molecule has 0 bridgehead atoms. The maximum atomic E-state index is 10.2. The maximum Gasteiger partial charge on any atom is 0.105 e. The molecule has 2 rings (SSSR count). The Balaban J connectivity index is 2.26. The topological polar surface area (TPSA) is 42.4 Å². The number of ether oxygens (including phenoxy) is 1. The Morgan fingerprint density at radius 1 is 1.38 bits per heavy atom. The summed E-state index contributed by atoms with van der Waals surface area (Å²) in [6, 6.07) is 3.87. The molecular weight excluding hydrogens is 202 g/mol. The number of hydrogen-bond donors (Lipinski definition) is 1. The first-order chi connectivity index (χ1) is 7.68. The molecule has 0 aromatic carbocycles. The molecule has 1 aliphatic rings. The normalized spacial score (nSPS) is 17.6. The predicted molar refractivity (Wildman–Crippen MR) is 61.9 cm³/mol. The highest BCUT2D eigenvalue weighted by Crippen LogP contribution is 2.28. The van der Waals surface area contributed by atoms with Crippen LogP contribution in [-0.2, 0) is 4.74 Å². The minimum Gasteiger partial charge on any atom is -0.501 e. The molecule has 0 aliphatic carbocycles. The van der Waals surface area contributed by atoms with Gasteiger partial charge in [0.25, 0.3) is 0 Å². The maximum absolute atomic E-state index is 10.2. The number of pyridine rings is 1. The molecule has 1 aliphatic heterocycles. The van der Waals surface area contributed by atoms with Crippen LogP contribution in [0.3, 0.4) is 0 Å². The molecule has 1 aromatic rings. The Hall–Kier alpha value is -1.35. The van der Waals surface area contributed by atoms with Gasteiger partial charge in [-0.15, -0.1) is 0 Å². The van der Waals surface area contributed by atoms with E-state index in [-0.39, 0.29) is 0 Å². The van der Waals surface area contributed by atoms with Gasteiger partial charge in [-0.05, 0) is 38.3 Å². The number of aryl methyl sites for hydroxylation is 2. The van der Waals surface area contributed by atoms with Gasteiger partial charge in [-0.25, -0.2) is 0 Å². The minimum atomic E-state index is -0.576. The van der Waals surface area contributed by atoms with Crippen LogP contribution >= 0.6 is 0 Å². The van der Waals surface area contributed by atoms with Crippen molar-refractivity contribution < 1.29 is 9.84 Å². The number of hydrogen-bond acceptors (Lipinski definition) is 3. The fourth-order valence-electron chi connectivity index (χ4n) is 1.97. The van der Waals surface area contributed by atoms with Crippen molar-refractivity contribution in [3.8, 4) is 0 Å². The van der Waals surface area contributed by atoms with E-state index in [9.17, 15) is 5.11 Å². The lowest BCUT2D eigenvalue weighted by molar-refractivity contribution is 0.169. The second-order valence-corrected chi connectivity index (χ2v) is 4.20. The summed E-state index contributed by atoms with van der Waals surface area (Å²) in [6.45, 7) is 4.63. The number of nitrogens with zero attached hydrogens (tertiary/aromatic N) is 1. The lowest BCUT2D eigenvalue weighted by atomic mass is 9.97. The molecule has 3 heteroatoms. The van der Waals surface area contributed by atoms with Crippen LogP contribution in [0.5, 0.6) is 0 Å². The quantitative estimate of drug-likeness (QED) is 0.830. The van der Waals surface area contributed by atoms with E-state index in [2.05, 4.69) is 4.98 Å². The van der Waals surface area contributed by atoms with Crippen molar-refractivity contribution in [3.05, 3.63) is 40.9 Å². The standard InChI is InChI=1S/C13H17NO2/c1-9-5-6-12(10(2)14-9)13(15)11-4-3-7-16-8-11/h5-6,8,13,15H,3-4,7H2,1-2H3. The molecule has 1 atom stereocenters. The van der Waals surface area contributed by atoms with Crippen LogP contribution in [0.1, 0.15) is 35.9 Å². The summed E-state index contributed by atoms with van der Waals surface area (Å²) in [6.07, 6.45) is 2.98. The lowest BCUT2D eigenvalue weighted by Crippen LogP contribution is -2.10. The molecule has 1 unspecified atom stereocenters. The molecule has 86 valence electrons. The van der Waals surface area contributed by atoms with Gasteiger partial charge in [-0.1, -0.05) is 6.07 Å². The highest BCUT2D eigenvalue weighted by atomic mass is 16.5. The van der Waals surface area contributed by atoms with Crippen LogP contribution in [-0.4, -0.2) is 16.7 Å². The summed E-state index contributed by atoms with van der Waals surface area (Å²) >= 11 is 0. The average Bonchev–Trinajstić information content (AvgIpc) is 2.29. The summed E-state index contributed by atoms with van der Waals surface area (Å²) in [4.78, 5) is 4.36. The van der Waals surface area contributed by atoms with Gasteiger partial charge < -0.3 is 9.84 Å². The van der Waals surface area contributed by atoms with Crippen molar-refractivity contribution in [1.82, 2.24) is 4.98 Å². The van der Waals surface area contributed by atoms with E-state index >= 15 is 0 Å². The van der Waals surface area contributed by atoms with E-state index in [1.807, 2.05) is 26.0 Å². The van der Waals surface area contributed by atoms with E-state index in [0.29, 0.717) is 0 Å². The van der Waals surface area contributed by atoms with E-state index in [1.54, 1.807) is 6.26 Å². The smallest absolute Gasteiger partial charge is 0.105 e. The van der Waals surface area contributed by atoms with Gasteiger partial charge >= 0.3 is 0 Å². The Morgan fingerprint density at radius 3 is 2.81 bits per heavy atom. The van der Waals surface area contributed by atoms with Gasteiger partial charge in [0, 0.05) is 17.0 Å². The lowest BCUT2D eigenvalue weighted by Gasteiger charge is -2.20. The van der Waals surface area contributed by atoms with Gasteiger partial charge in [0.05, 0.1) is 12.9 Å². The van der Waals surface area contributed by atoms with Gasteiger partial charge in [0.15, 0.2) is 0 Å². The Bertz CT molecular complexity index is 412. The van der Waals surface area contributed by atoms with E-state index < -0.39 is 6.10 Å². The van der Waals surface area contributed by atoms with Gasteiger partial charge in [0.2, 0.25) is 0 Å². The number of aliphatic hydroxyl groups is 1. The van der Waals surface area contributed by atoms with E-state index in [0.717, 1.165) is 42.0 Å². The molecule has 0 saturated carbocycles. The Kier molecular flexibility index (Phi) is 3.25. The van der Waals surface area contributed by atoms with Crippen molar-refractivity contribution in [2.75, 3.05) is 6.61 Å². The van der Waals surface area contributed by atoms with Crippen LogP contribution in [0.25, 0.3) is 0 Å². The Morgan fingerprint density at radius 2 is 2.19 bits per heavy atom. The van der Waals surface area contributed by atoms with Crippen molar-refractivity contribution in [1.29, 1.82) is 0 Å². The summed E-state index contributed by atoms with van der Waals surface area (Å²) in [7, 11) is 0. The summed E-state index contributed by atoms with van der Waals surface area (Å²) in [5, 5.41) is 10.2. The SMILES string of the molecule is Cc1ccc(C(O)C2=COCCC2)c(C)n1. The molecule has 3 nitrogen and oxygen atoms in total. The molecule has 16 heavy (non-hydrogen) atoms. The average molecular weight is 219 g/mol. The number of aliphatic hydroxyl groups excluding tert-OH is 1. The molecule has 0 fully saturated rings. The van der Waals surface area contributed by atoms with Crippen LogP contribution < -0.4 is 0 Å². The highest BCUT2D eigenvalue weighted by Gasteiger charge is 2.18. The highest BCUT2D eigenvalue weighted by molar-refractivity contribution is 5.30. The first-order valence-corrected chi connectivity index (χ1v) is 5.61. The van der Waals surface area contributed by atoms with Crippen LogP contribution in [0.4, 0.5) is 0 Å². The molecular formula is C13H17NO2.